The second kappa shape index (κ2) is 9.20. The summed E-state index contributed by atoms with van der Waals surface area (Å²) in [5.74, 6) is -1.82. The number of hydrogen-bond donors (Lipinski definition) is 3. The number of nitrogens with one attached hydrogen (secondary N) is 2. The molecule has 144 valence electrons. The first kappa shape index (κ1) is 19.7. The largest absolute Gasteiger partial charge is 0.478 e. The number of β-lactam (4-membered cyclic amide) rings is 1. The number of hydrogen-bond acceptors (Lipinski definition) is 5. The van der Waals surface area contributed by atoms with Crippen molar-refractivity contribution in [1.82, 2.24) is 10.6 Å². The maximum absolute atomic E-state index is 12.2. The van der Waals surface area contributed by atoms with Crippen molar-refractivity contribution in [2.75, 3.05) is 6.61 Å². The fourth-order valence-corrected chi connectivity index (χ4v) is 3.38. The smallest absolute Gasteiger partial charge is 0.329 e. The quantitative estimate of drug-likeness (QED) is 0.357. The number of rotatable bonds is 8. The summed E-state index contributed by atoms with van der Waals surface area (Å²) in [4.78, 5) is 36.4. The molecule has 3 N–H and O–H groups in total. The molecule has 1 heterocycles. The van der Waals surface area contributed by atoms with Crippen LogP contribution in [0, 0.1) is 0 Å². The zero-order valence-electron chi connectivity index (χ0n) is 14.7. The summed E-state index contributed by atoms with van der Waals surface area (Å²) >= 11 is 1.26. The fraction of sp³-hybridized carbons (Fsp3) is 0.150. The Morgan fingerprint density at radius 2 is 1.75 bits per heavy atom. The van der Waals surface area contributed by atoms with Gasteiger partial charge in [-0.3, -0.25) is 9.59 Å². The van der Waals surface area contributed by atoms with Gasteiger partial charge in [0.15, 0.2) is 12.3 Å². The van der Waals surface area contributed by atoms with Crippen LogP contribution in [0.2, 0.25) is 0 Å². The highest BCUT2D eigenvalue weighted by atomic mass is 32.2. The van der Waals surface area contributed by atoms with E-state index in [1.165, 1.54) is 11.8 Å². The van der Waals surface area contributed by atoms with Gasteiger partial charge in [-0.25, -0.2) is 4.79 Å². The van der Waals surface area contributed by atoms with Crippen molar-refractivity contribution in [3.63, 3.8) is 0 Å². The summed E-state index contributed by atoms with van der Waals surface area (Å²) in [5.41, 5.74) is 0.437. The predicted octanol–water partition coefficient (Wildman–Crippen LogP) is 2.02. The van der Waals surface area contributed by atoms with Crippen molar-refractivity contribution in [2.24, 2.45) is 0 Å². The van der Waals surface area contributed by atoms with Crippen molar-refractivity contribution in [1.29, 1.82) is 0 Å². The van der Waals surface area contributed by atoms with Gasteiger partial charge >= 0.3 is 5.97 Å². The van der Waals surface area contributed by atoms with Gasteiger partial charge in [0.2, 0.25) is 5.91 Å². The van der Waals surface area contributed by atoms with Crippen molar-refractivity contribution < 1.29 is 24.2 Å². The van der Waals surface area contributed by atoms with E-state index in [9.17, 15) is 14.4 Å². The van der Waals surface area contributed by atoms with Gasteiger partial charge in [0.1, 0.15) is 0 Å². The van der Waals surface area contributed by atoms with E-state index in [1.54, 1.807) is 30.3 Å². The summed E-state index contributed by atoms with van der Waals surface area (Å²) in [5, 5.41) is 14.3. The first-order valence-electron chi connectivity index (χ1n) is 8.47. The van der Waals surface area contributed by atoms with Crippen LogP contribution in [0.1, 0.15) is 10.4 Å². The summed E-state index contributed by atoms with van der Waals surface area (Å²) < 4.78 is 5.63. The first-order chi connectivity index (χ1) is 13.5. The molecule has 3 rings (SSSR count). The molecule has 28 heavy (non-hydrogen) atoms. The minimum Gasteiger partial charge on any atom is -0.478 e. The predicted molar refractivity (Wildman–Crippen MR) is 104 cm³/mol. The molecule has 2 atom stereocenters. The molecule has 1 aliphatic rings. The van der Waals surface area contributed by atoms with Crippen LogP contribution in [-0.2, 0) is 14.3 Å². The normalized spacial score (nSPS) is 18.7. The summed E-state index contributed by atoms with van der Waals surface area (Å²) in [6.45, 7) is -0.0193. The number of carboxylic acid groups (broad SMARTS) is 1. The Kier molecular flexibility index (Phi) is 6.46. The number of carbonyl (C=O) groups excluding carboxylic acids is 2. The zero-order chi connectivity index (χ0) is 19.9. The molecule has 7 nitrogen and oxygen atoms in total. The number of aliphatic carboxylic acids is 1. The van der Waals surface area contributed by atoms with Crippen LogP contribution in [0.25, 0.3) is 0 Å². The van der Waals surface area contributed by atoms with Gasteiger partial charge in [-0.15, -0.1) is 0 Å². The molecule has 1 fully saturated rings. The van der Waals surface area contributed by atoms with Crippen LogP contribution < -0.4 is 10.6 Å². The maximum Gasteiger partial charge on any atom is 0.329 e. The summed E-state index contributed by atoms with van der Waals surface area (Å²) in [6.07, 6.45) is 0.337. The molecule has 0 saturated carbocycles. The highest BCUT2D eigenvalue weighted by molar-refractivity contribution is 8.03. The Morgan fingerprint density at radius 1 is 1.11 bits per heavy atom. The maximum atomic E-state index is 12.2. The fourth-order valence-electron chi connectivity index (χ4n) is 2.50. The Labute approximate surface area is 165 Å². The lowest BCUT2D eigenvalue weighted by atomic mass is 10.1. The third kappa shape index (κ3) is 5.21. The molecule has 0 aromatic heterocycles. The molecule has 1 saturated heterocycles. The number of carboxylic acids is 1. The van der Waals surface area contributed by atoms with Gasteiger partial charge in [0, 0.05) is 21.4 Å². The molecule has 1 aliphatic heterocycles. The molecule has 2 aromatic rings. The van der Waals surface area contributed by atoms with Gasteiger partial charge < -0.3 is 20.5 Å². The average molecular weight is 398 g/mol. The zero-order valence-corrected chi connectivity index (χ0v) is 15.5. The molecule has 0 bridgehead atoms. The summed E-state index contributed by atoms with van der Waals surface area (Å²) in [6, 6.07) is 17.0. The van der Waals surface area contributed by atoms with E-state index < -0.39 is 18.2 Å². The summed E-state index contributed by atoms with van der Waals surface area (Å²) in [7, 11) is 0. The van der Waals surface area contributed by atoms with E-state index in [-0.39, 0.29) is 18.4 Å². The lowest BCUT2D eigenvalue weighted by molar-refractivity contribution is -0.145. The van der Waals surface area contributed by atoms with E-state index in [2.05, 4.69) is 10.6 Å². The third-order valence-electron chi connectivity index (χ3n) is 3.87. The molecule has 0 aliphatic carbocycles. The molecular formula is C20H18N2O5S. The Bertz CT molecular complexity index is 886. The highest BCUT2D eigenvalue weighted by Gasteiger charge is 2.41. The molecule has 0 radical (unpaired) electrons. The van der Waals surface area contributed by atoms with Crippen LogP contribution >= 0.6 is 11.8 Å². The van der Waals surface area contributed by atoms with Gasteiger partial charge in [-0.2, -0.15) is 0 Å². The lowest BCUT2D eigenvalue weighted by Gasteiger charge is -2.36. The number of carbonyl (C=O) groups is 3. The minimum atomic E-state index is -1.09. The van der Waals surface area contributed by atoms with Crippen molar-refractivity contribution >= 4 is 29.5 Å². The van der Waals surface area contributed by atoms with E-state index in [1.807, 2.05) is 30.3 Å². The van der Waals surface area contributed by atoms with E-state index in [4.69, 9.17) is 9.84 Å². The Morgan fingerprint density at radius 3 is 2.36 bits per heavy atom. The lowest BCUT2D eigenvalue weighted by Crippen LogP contribution is -2.70. The number of thioether (sulfide) groups is 1. The second-order valence-electron chi connectivity index (χ2n) is 5.92. The standard InChI is InChI=1S/C20H18N2O5S/c23-16(24)11-15(28-14-9-5-2-6-10-14)12-27-20-17(19(26)22-20)21-18(25)13-7-3-1-4-8-13/h1-11,17,20H,12H2,(H,21,25)(H,22,26)(H,23,24)/b15-11+/t17-,20+/m0/s1. The van der Waals surface area contributed by atoms with Gasteiger partial charge in [-0.05, 0) is 24.3 Å². The number of ether oxygens (including phenoxy) is 1. The molecular weight excluding hydrogens is 380 g/mol. The molecule has 8 heteroatoms. The van der Waals surface area contributed by atoms with Crippen LogP contribution in [0.4, 0.5) is 0 Å². The van der Waals surface area contributed by atoms with E-state index in [0.29, 0.717) is 10.5 Å². The minimum absolute atomic E-state index is 0.0193. The van der Waals surface area contributed by atoms with Crippen molar-refractivity contribution in [3.05, 3.63) is 77.2 Å². The van der Waals surface area contributed by atoms with Crippen LogP contribution in [0.5, 0.6) is 0 Å². The molecule has 2 aromatic carbocycles. The van der Waals surface area contributed by atoms with Gasteiger partial charge in [0.25, 0.3) is 5.91 Å². The van der Waals surface area contributed by atoms with E-state index in [0.717, 1.165) is 11.0 Å². The third-order valence-corrected chi connectivity index (χ3v) is 4.88. The van der Waals surface area contributed by atoms with Crippen molar-refractivity contribution in [2.45, 2.75) is 17.2 Å². The van der Waals surface area contributed by atoms with Crippen LogP contribution in [0.3, 0.4) is 0 Å². The Hall–Kier alpha value is -3.10. The second-order valence-corrected chi connectivity index (χ2v) is 7.12. The molecule has 0 spiro atoms. The van der Waals surface area contributed by atoms with Crippen LogP contribution in [-0.4, -0.2) is 41.8 Å². The monoisotopic (exact) mass is 398 g/mol. The van der Waals surface area contributed by atoms with E-state index >= 15 is 0 Å². The molecule has 2 amide bonds. The van der Waals surface area contributed by atoms with Crippen molar-refractivity contribution in [3.8, 4) is 0 Å². The Balaban J connectivity index is 1.59. The average Bonchev–Trinajstić information content (AvgIpc) is 2.70. The number of amides is 2. The first-order valence-corrected chi connectivity index (χ1v) is 9.29. The van der Waals surface area contributed by atoms with Crippen LogP contribution in [0.15, 0.2) is 76.5 Å². The van der Waals surface area contributed by atoms with Gasteiger partial charge in [0.05, 0.1) is 6.61 Å². The number of benzene rings is 2. The molecule has 0 unspecified atom stereocenters. The topological polar surface area (TPSA) is 105 Å². The van der Waals surface area contributed by atoms with Gasteiger partial charge in [-0.1, -0.05) is 48.2 Å². The highest BCUT2D eigenvalue weighted by Crippen LogP contribution is 2.27. The SMILES string of the molecule is O=C(O)/C=C(\CO[C@H]1NC(=O)[C@@H]1NC(=O)c1ccccc1)Sc1ccccc1.